The number of aryl methyl sites for hydroxylation is 1. The van der Waals surface area contributed by atoms with Crippen LogP contribution in [0.25, 0.3) is 0 Å². The Labute approximate surface area is 105 Å². The molecule has 0 spiro atoms. The third-order valence-electron chi connectivity index (χ3n) is 2.12. The molecule has 0 amide bonds. The summed E-state index contributed by atoms with van der Waals surface area (Å²) in [4.78, 5) is 7.52. The van der Waals surface area contributed by atoms with E-state index in [1.54, 1.807) is 0 Å². The van der Waals surface area contributed by atoms with E-state index in [2.05, 4.69) is 54.0 Å². The first-order chi connectivity index (χ1) is 7.15. The van der Waals surface area contributed by atoms with E-state index in [9.17, 15) is 0 Å². The lowest BCUT2D eigenvalue weighted by Crippen LogP contribution is -1.89. The highest BCUT2D eigenvalue weighted by atomic mass is 79.9. The second-order valence-electron chi connectivity index (χ2n) is 3.40. The molecular weight excluding hydrogens is 320 g/mol. The minimum Gasteiger partial charge on any atom is -0.345 e. The second-order valence-corrected chi connectivity index (χ2v) is 5.07. The van der Waals surface area contributed by atoms with Gasteiger partial charge in [0.25, 0.3) is 0 Å². The van der Waals surface area contributed by atoms with E-state index in [4.69, 9.17) is 0 Å². The molecule has 1 aromatic heterocycles. The quantitative estimate of drug-likeness (QED) is 0.891. The fourth-order valence-electron chi connectivity index (χ4n) is 1.48. The first kappa shape index (κ1) is 10.9. The van der Waals surface area contributed by atoms with E-state index in [0.717, 1.165) is 27.0 Å². The molecule has 15 heavy (non-hydrogen) atoms. The van der Waals surface area contributed by atoms with Crippen molar-refractivity contribution in [1.82, 2.24) is 9.97 Å². The summed E-state index contributed by atoms with van der Waals surface area (Å²) < 4.78 is 2.01. The standard InChI is InChI=1S/C11H10Br2N2/c1-7-14-10(11(13)15-7)6-8-3-2-4-9(12)5-8/h2-5H,6H2,1H3,(H,14,15). The van der Waals surface area contributed by atoms with Crippen LogP contribution in [0.15, 0.2) is 33.3 Å². The molecule has 0 radical (unpaired) electrons. The van der Waals surface area contributed by atoms with Gasteiger partial charge in [-0.2, -0.15) is 0 Å². The smallest absolute Gasteiger partial charge is 0.127 e. The molecule has 0 saturated heterocycles. The number of aromatic nitrogens is 2. The lowest BCUT2D eigenvalue weighted by Gasteiger charge is -2.00. The van der Waals surface area contributed by atoms with Gasteiger partial charge >= 0.3 is 0 Å². The fourth-order valence-corrected chi connectivity index (χ4v) is 2.43. The molecule has 0 fully saturated rings. The van der Waals surface area contributed by atoms with E-state index in [0.29, 0.717) is 0 Å². The van der Waals surface area contributed by atoms with Crippen LogP contribution in [0.1, 0.15) is 17.1 Å². The SMILES string of the molecule is Cc1nc(Br)c(Cc2cccc(Br)c2)[nH]1. The minimum atomic E-state index is 0.862. The molecular formula is C11H10Br2N2. The first-order valence-electron chi connectivity index (χ1n) is 4.60. The van der Waals surface area contributed by atoms with Crippen molar-refractivity contribution in [3.63, 3.8) is 0 Å². The fraction of sp³-hybridized carbons (Fsp3) is 0.182. The topological polar surface area (TPSA) is 28.7 Å². The monoisotopic (exact) mass is 328 g/mol. The molecule has 2 nitrogen and oxygen atoms in total. The predicted molar refractivity (Wildman–Crippen MR) is 68.0 cm³/mol. The maximum Gasteiger partial charge on any atom is 0.127 e. The number of nitrogens with zero attached hydrogens (tertiary/aromatic N) is 1. The molecule has 0 unspecified atom stereocenters. The van der Waals surface area contributed by atoms with Crippen LogP contribution in [0.4, 0.5) is 0 Å². The zero-order valence-corrected chi connectivity index (χ0v) is 11.4. The summed E-state index contributed by atoms with van der Waals surface area (Å²) in [5.41, 5.74) is 2.37. The highest BCUT2D eigenvalue weighted by Gasteiger charge is 2.05. The lowest BCUT2D eigenvalue weighted by molar-refractivity contribution is 1.07. The molecule has 0 aliphatic rings. The minimum absolute atomic E-state index is 0.862. The normalized spacial score (nSPS) is 10.6. The maximum atomic E-state index is 4.28. The van der Waals surface area contributed by atoms with Crippen LogP contribution in [-0.4, -0.2) is 9.97 Å². The molecule has 0 aliphatic heterocycles. The van der Waals surface area contributed by atoms with Crippen LogP contribution in [-0.2, 0) is 6.42 Å². The average molecular weight is 330 g/mol. The van der Waals surface area contributed by atoms with Gasteiger partial charge in [-0.3, -0.25) is 0 Å². The van der Waals surface area contributed by atoms with Crippen molar-refractivity contribution in [2.45, 2.75) is 13.3 Å². The summed E-state index contributed by atoms with van der Waals surface area (Å²) in [7, 11) is 0. The maximum absolute atomic E-state index is 4.28. The predicted octanol–water partition coefficient (Wildman–Crippen LogP) is 3.83. The Bertz CT molecular complexity index is 477. The van der Waals surface area contributed by atoms with Crippen LogP contribution in [0, 0.1) is 6.92 Å². The number of benzene rings is 1. The summed E-state index contributed by atoms with van der Waals surface area (Å²) in [5, 5.41) is 0. The number of imidazole rings is 1. The van der Waals surface area contributed by atoms with Gasteiger partial charge in [-0.1, -0.05) is 28.1 Å². The molecule has 2 rings (SSSR count). The average Bonchev–Trinajstić information content (AvgIpc) is 2.45. The van der Waals surface area contributed by atoms with Crippen molar-refractivity contribution in [3.8, 4) is 0 Å². The largest absolute Gasteiger partial charge is 0.345 e. The van der Waals surface area contributed by atoms with Crippen molar-refractivity contribution >= 4 is 31.9 Å². The zero-order chi connectivity index (χ0) is 10.8. The second kappa shape index (κ2) is 4.49. The number of hydrogen-bond acceptors (Lipinski definition) is 1. The summed E-state index contributed by atoms with van der Waals surface area (Å²) in [6, 6.07) is 8.28. The van der Waals surface area contributed by atoms with Crippen molar-refractivity contribution in [3.05, 3.63) is 50.4 Å². The molecule has 0 atom stereocenters. The molecule has 1 heterocycles. The van der Waals surface area contributed by atoms with Gasteiger partial charge in [-0.05, 0) is 40.5 Å². The summed E-state index contributed by atoms with van der Waals surface area (Å²) in [6.45, 7) is 1.95. The van der Waals surface area contributed by atoms with Crippen LogP contribution >= 0.6 is 31.9 Å². The highest BCUT2D eigenvalue weighted by Crippen LogP contribution is 2.19. The first-order valence-corrected chi connectivity index (χ1v) is 6.19. The van der Waals surface area contributed by atoms with E-state index >= 15 is 0 Å². The van der Waals surface area contributed by atoms with Crippen LogP contribution in [0.3, 0.4) is 0 Å². The van der Waals surface area contributed by atoms with Crippen molar-refractivity contribution in [2.75, 3.05) is 0 Å². The number of nitrogens with one attached hydrogen (secondary N) is 1. The molecule has 0 aliphatic carbocycles. The summed E-state index contributed by atoms with van der Waals surface area (Å²) >= 11 is 6.90. The number of aromatic amines is 1. The van der Waals surface area contributed by atoms with Gasteiger partial charge in [-0.15, -0.1) is 0 Å². The Balaban J connectivity index is 2.25. The van der Waals surface area contributed by atoms with Gasteiger partial charge < -0.3 is 4.98 Å². The van der Waals surface area contributed by atoms with E-state index in [1.807, 2.05) is 19.1 Å². The number of H-pyrrole nitrogens is 1. The van der Waals surface area contributed by atoms with Gasteiger partial charge in [0, 0.05) is 10.9 Å². The molecule has 0 saturated carbocycles. The van der Waals surface area contributed by atoms with Gasteiger partial charge in [0.05, 0.1) is 5.69 Å². The van der Waals surface area contributed by atoms with Gasteiger partial charge in [0.1, 0.15) is 10.4 Å². The van der Waals surface area contributed by atoms with E-state index in [-0.39, 0.29) is 0 Å². The Morgan fingerprint density at radius 3 is 2.73 bits per heavy atom. The van der Waals surface area contributed by atoms with Crippen molar-refractivity contribution < 1.29 is 0 Å². The lowest BCUT2D eigenvalue weighted by atomic mass is 10.1. The molecule has 2 aromatic rings. The van der Waals surface area contributed by atoms with Gasteiger partial charge in [-0.25, -0.2) is 4.98 Å². The van der Waals surface area contributed by atoms with Gasteiger partial charge in [0.15, 0.2) is 0 Å². The molecule has 4 heteroatoms. The van der Waals surface area contributed by atoms with Crippen molar-refractivity contribution in [1.29, 1.82) is 0 Å². The number of halogens is 2. The third kappa shape index (κ3) is 2.69. The molecule has 0 bridgehead atoms. The Morgan fingerprint density at radius 1 is 1.33 bits per heavy atom. The Hall–Kier alpha value is -0.610. The molecule has 1 aromatic carbocycles. The third-order valence-corrected chi connectivity index (χ3v) is 3.27. The Morgan fingerprint density at radius 2 is 2.13 bits per heavy atom. The van der Waals surface area contributed by atoms with Gasteiger partial charge in [0.2, 0.25) is 0 Å². The summed E-state index contributed by atoms with van der Waals surface area (Å²) in [5.74, 6) is 0.937. The molecule has 78 valence electrons. The van der Waals surface area contributed by atoms with E-state index < -0.39 is 0 Å². The van der Waals surface area contributed by atoms with Crippen LogP contribution in [0.5, 0.6) is 0 Å². The molecule has 1 N–H and O–H groups in total. The number of rotatable bonds is 2. The number of hydrogen-bond donors (Lipinski definition) is 1. The van der Waals surface area contributed by atoms with Crippen molar-refractivity contribution in [2.24, 2.45) is 0 Å². The summed E-state index contributed by atoms with van der Waals surface area (Å²) in [6.07, 6.45) is 0.862. The van der Waals surface area contributed by atoms with Crippen LogP contribution in [0.2, 0.25) is 0 Å². The van der Waals surface area contributed by atoms with E-state index in [1.165, 1.54) is 5.56 Å². The zero-order valence-electron chi connectivity index (χ0n) is 8.22. The van der Waals surface area contributed by atoms with Crippen LogP contribution < -0.4 is 0 Å². The Kier molecular flexibility index (Phi) is 3.26. The highest BCUT2D eigenvalue weighted by molar-refractivity contribution is 9.10.